The molecule has 1 amide bonds. The fourth-order valence-corrected chi connectivity index (χ4v) is 2.29. The molecular formula is C17H16N4O3. The van der Waals surface area contributed by atoms with Crippen LogP contribution in [-0.4, -0.2) is 27.6 Å². The third kappa shape index (κ3) is 3.40. The van der Waals surface area contributed by atoms with Gasteiger partial charge in [0, 0.05) is 19.0 Å². The van der Waals surface area contributed by atoms with Crippen LogP contribution in [0.4, 0.5) is 5.69 Å². The van der Waals surface area contributed by atoms with Crippen LogP contribution in [0.3, 0.4) is 0 Å². The molecule has 0 radical (unpaired) electrons. The number of aromatic nitrogens is 3. The van der Waals surface area contributed by atoms with Gasteiger partial charge in [-0.25, -0.2) is 9.97 Å². The molecule has 7 nitrogen and oxygen atoms in total. The third-order valence-corrected chi connectivity index (χ3v) is 3.54. The zero-order valence-electron chi connectivity index (χ0n) is 13.1. The highest BCUT2D eigenvalue weighted by molar-refractivity contribution is 5.90. The molecule has 1 aromatic carbocycles. The van der Waals surface area contributed by atoms with Crippen molar-refractivity contribution in [3.63, 3.8) is 0 Å². The van der Waals surface area contributed by atoms with Crippen molar-refractivity contribution in [3.8, 4) is 5.88 Å². The average molecular weight is 324 g/mol. The van der Waals surface area contributed by atoms with Crippen molar-refractivity contribution in [2.24, 2.45) is 0 Å². The second-order valence-electron chi connectivity index (χ2n) is 5.15. The summed E-state index contributed by atoms with van der Waals surface area (Å²) in [5, 5.41) is 3.27. The van der Waals surface area contributed by atoms with Gasteiger partial charge in [-0.2, -0.15) is 0 Å². The molecule has 7 heteroatoms. The Morgan fingerprint density at radius 3 is 2.79 bits per heavy atom. The van der Waals surface area contributed by atoms with Crippen molar-refractivity contribution in [1.29, 1.82) is 0 Å². The number of nitrogens with zero attached hydrogens (tertiary/aromatic N) is 3. The SMILES string of the molecule is COc1ccc(NC(=O)CCn2cnc3ccccc3c2=O)cn1. The number of aryl methyl sites for hydroxylation is 1. The maximum atomic E-state index is 12.3. The number of carbonyl (C=O) groups is 1. The molecule has 0 aliphatic heterocycles. The van der Waals surface area contributed by atoms with E-state index in [1.54, 1.807) is 30.3 Å². The number of pyridine rings is 1. The number of rotatable bonds is 5. The smallest absolute Gasteiger partial charge is 0.261 e. The van der Waals surface area contributed by atoms with E-state index >= 15 is 0 Å². The van der Waals surface area contributed by atoms with Crippen molar-refractivity contribution < 1.29 is 9.53 Å². The monoisotopic (exact) mass is 324 g/mol. The van der Waals surface area contributed by atoms with Gasteiger partial charge in [0.2, 0.25) is 11.8 Å². The van der Waals surface area contributed by atoms with E-state index in [-0.39, 0.29) is 24.4 Å². The molecule has 0 aliphatic carbocycles. The highest BCUT2D eigenvalue weighted by Gasteiger charge is 2.07. The zero-order valence-corrected chi connectivity index (χ0v) is 13.1. The molecule has 0 atom stereocenters. The van der Waals surface area contributed by atoms with E-state index in [0.29, 0.717) is 22.5 Å². The van der Waals surface area contributed by atoms with E-state index in [1.165, 1.54) is 24.2 Å². The average Bonchev–Trinajstić information content (AvgIpc) is 2.62. The molecule has 24 heavy (non-hydrogen) atoms. The van der Waals surface area contributed by atoms with Gasteiger partial charge in [0.1, 0.15) is 0 Å². The lowest BCUT2D eigenvalue weighted by Gasteiger charge is -2.08. The summed E-state index contributed by atoms with van der Waals surface area (Å²) in [6.45, 7) is 0.256. The number of fused-ring (bicyclic) bond motifs is 1. The Morgan fingerprint density at radius 2 is 2.04 bits per heavy atom. The van der Waals surface area contributed by atoms with Crippen molar-refractivity contribution in [2.45, 2.75) is 13.0 Å². The lowest BCUT2D eigenvalue weighted by Crippen LogP contribution is -2.23. The maximum Gasteiger partial charge on any atom is 0.261 e. The van der Waals surface area contributed by atoms with Gasteiger partial charge in [-0.05, 0) is 18.2 Å². The largest absolute Gasteiger partial charge is 0.481 e. The lowest BCUT2D eigenvalue weighted by atomic mass is 10.2. The topological polar surface area (TPSA) is 86.1 Å². The molecule has 1 N–H and O–H groups in total. The van der Waals surface area contributed by atoms with Gasteiger partial charge in [-0.1, -0.05) is 12.1 Å². The lowest BCUT2D eigenvalue weighted by molar-refractivity contribution is -0.116. The van der Waals surface area contributed by atoms with Gasteiger partial charge in [0.25, 0.3) is 5.56 Å². The summed E-state index contributed by atoms with van der Waals surface area (Å²) in [6, 6.07) is 10.5. The molecular weight excluding hydrogens is 308 g/mol. The van der Waals surface area contributed by atoms with Crippen LogP contribution in [0.1, 0.15) is 6.42 Å². The minimum atomic E-state index is -0.206. The Bertz CT molecular complexity index is 919. The molecule has 3 rings (SSSR count). The van der Waals surface area contributed by atoms with Crippen molar-refractivity contribution in [2.75, 3.05) is 12.4 Å². The number of anilines is 1. The van der Waals surface area contributed by atoms with Gasteiger partial charge in [-0.15, -0.1) is 0 Å². The van der Waals surface area contributed by atoms with Gasteiger partial charge in [0.05, 0.1) is 36.2 Å². The first-order valence-electron chi connectivity index (χ1n) is 7.41. The number of para-hydroxylation sites is 1. The molecule has 0 unspecified atom stereocenters. The Hall–Kier alpha value is -3.22. The quantitative estimate of drug-likeness (QED) is 0.774. The highest BCUT2D eigenvalue weighted by Crippen LogP contribution is 2.11. The number of methoxy groups -OCH3 is 1. The predicted octanol–water partition coefficient (Wildman–Crippen LogP) is 1.83. The first kappa shape index (κ1) is 15.7. The van der Waals surface area contributed by atoms with E-state index in [1.807, 2.05) is 6.07 Å². The molecule has 0 saturated heterocycles. The standard InChI is InChI=1S/C17H16N4O3/c1-24-16-7-6-12(10-18-16)20-15(22)8-9-21-11-19-14-5-3-2-4-13(14)17(21)23/h2-7,10-11H,8-9H2,1H3,(H,20,22). The summed E-state index contributed by atoms with van der Waals surface area (Å²) in [4.78, 5) is 32.6. The van der Waals surface area contributed by atoms with Crippen LogP contribution in [-0.2, 0) is 11.3 Å². The summed E-state index contributed by atoms with van der Waals surface area (Å²) >= 11 is 0. The van der Waals surface area contributed by atoms with Crippen molar-refractivity contribution in [1.82, 2.24) is 14.5 Å². The summed E-state index contributed by atoms with van der Waals surface area (Å²) in [6.07, 6.45) is 3.14. The van der Waals surface area contributed by atoms with Gasteiger partial charge < -0.3 is 10.1 Å². The fraction of sp³-hybridized carbons (Fsp3) is 0.176. The van der Waals surface area contributed by atoms with Gasteiger partial charge in [-0.3, -0.25) is 14.2 Å². The Morgan fingerprint density at radius 1 is 1.21 bits per heavy atom. The number of benzene rings is 1. The Labute approximate surface area is 137 Å². The summed E-state index contributed by atoms with van der Waals surface area (Å²) in [5.74, 6) is 0.267. The summed E-state index contributed by atoms with van der Waals surface area (Å²) < 4.78 is 6.40. The summed E-state index contributed by atoms with van der Waals surface area (Å²) in [7, 11) is 1.52. The molecule has 0 bridgehead atoms. The van der Waals surface area contributed by atoms with Crippen LogP contribution in [0.2, 0.25) is 0 Å². The molecule has 0 saturated carbocycles. The number of hydrogen-bond donors (Lipinski definition) is 1. The molecule has 0 aliphatic rings. The predicted molar refractivity (Wildman–Crippen MR) is 90.0 cm³/mol. The Kier molecular flexibility index (Phi) is 4.51. The number of nitrogens with one attached hydrogen (secondary N) is 1. The van der Waals surface area contributed by atoms with Crippen LogP contribution in [0.15, 0.2) is 53.7 Å². The van der Waals surface area contributed by atoms with Crippen LogP contribution in [0.25, 0.3) is 10.9 Å². The van der Waals surface area contributed by atoms with Gasteiger partial charge in [0.15, 0.2) is 0 Å². The normalized spacial score (nSPS) is 10.5. The molecule has 3 aromatic rings. The molecule has 0 spiro atoms. The maximum absolute atomic E-state index is 12.3. The first-order valence-corrected chi connectivity index (χ1v) is 7.41. The minimum absolute atomic E-state index is 0.153. The number of hydrogen-bond acceptors (Lipinski definition) is 5. The molecule has 2 aromatic heterocycles. The van der Waals surface area contributed by atoms with Crippen molar-refractivity contribution >= 4 is 22.5 Å². The zero-order chi connectivity index (χ0) is 16.9. The second-order valence-corrected chi connectivity index (χ2v) is 5.15. The van der Waals surface area contributed by atoms with Crippen LogP contribution >= 0.6 is 0 Å². The Balaban J connectivity index is 1.65. The minimum Gasteiger partial charge on any atom is -0.481 e. The van der Waals surface area contributed by atoms with Crippen molar-refractivity contribution in [3.05, 3.63) is 59.3 Å². The number of carbonyl (C=O) groups excluding carboxylic acids is 1. The second kappa shape index (κ2) is 6.91. The van der Waals surface area contributed by atoms with E-state index < -0.39 is 0 Å². The highest BCUT2D eigenvalue weighted by atomic mass is 16.5. The number of amides is 1. The van der Waals surface area contributed by atoms with Crippen LogP contribution in [0.5, 0.6) is 5.88 Å². The third-order valence-electron chi connectivity index (χ3n) is 3.54. The van der Waals surface area contributed by atoms with Crippen LogP contribution < -0.4 is 15.6 Å². The van der Waals surface area contributed by atoms with Crippen LogP contribution in [0, 0.1) is 0 Å². The van der Waals surface area contributed by atoms with E-state index in [0.717, 1.165) is 0 Å². The molecule has 2 heterocycles. The van der Waals surface area contributed by atoms with E-state index in [4.69, 9.17) is 4.74 Å². The molecule has 0 fully saturated rings. The number of ether oxygens (including phenoxy) is 1. The summed E-state index contributed by atoms with van der Waals surface area (Å²) in [5.41, 5.74) is 1.07. The fourth-order valence-electron chi connectivity index (χ4n) is 2.29. The van der Waals surface area contributed by atoms with Gasteiger partial charge >= 0.3 is 0 Å². The van der Waals surface area contributed by atoms with E-state index in [9.17, 15) is 9.59 Å². The first-order chi connectivity index (χ1) is 11.7. The van der Waals surface area contributed by atoms with E-state index in [2.05, 4.69) is 15.3 Å². The molecule has 122 valence electrons.